The average molecular weight is 380 g/mol. The molecule has 3 heterocycles. The van der Waals surface area contributed by atoms with Crippen LogP contribution in [0, 0.1) is 6.92 Å². The van der Waals surface area contributed by atoms with Crippen LogP contribution in [-0.4, -0.2) is 28.3 Å². The van der Waals surface area contributed by atoms with Crippen LogP contribution in [0.15, 0.2) is 24.4 Å². The van der Waals surface area contributed by atoms with Crippen molar-refractivity contribution in [2.75, 3.05) is 13.7 Å². The molecule has 3 aromatic rings. The van der Waals surface area contributed by atoms with Crippen molar-refractivity contribution in [2.45, 2.75) is 66.3 Å². The number of aromatic nitrogens is 3. The van der Waals surface area contributed by atoms with E-state index in [9.17, 15) is 0 Å². The van der Waals surface area contributed by atoms with Gasteiger partial charge in [0.15, 0.2) is 0 Å². The second kappa shape index (κ2) is 8.44. The SMILES string of the molecule is CCc1cc2c(nc1-c1ccc(C(C)C)nc1CC)c(C)cn2[C@@H](C)COC. The topological polar surface area (TPSA) is 39.9 Å². The van der Waals surface area contributed by atoms with Gasteiger partial charge in [0.25, 0.3) is 0 Å². The number of rotatable bonds is 7. The smallest absolute Gasteiger partial charge is 0.0917 e. The van der Waals surface area contributed by atoms with Gasteiger partial charge in [-0.1, -0.05) is 27.7 Å². The summed E-state index contributed by atoms with van der Waals surface area (Å²) in [5, 5.41) is 0. The maximum absolute atomic E-state index is 5.38. The van der Waals surface area contributed by atoms with E-state index in [2.05, 4.69) is 70.5 Å². The van der Waals surface area contributed by atoms with Crippen LogP contribution in [0.1, 0.15) is 69.1 Å². The summed E-state index contributed by atoms with van der Waals surface area (Å²) in [6.07, 6.45) is 4.05. The number of hydrogen-bond donors (Lipinski definition) is 0. The van der Waals surface area contributed by atoms with Crippen molar-refractivity contribution >= 4 is 11.0 Å². The molecule has 0 unspecified atom stereocenters. The average Bonchev–Trinajstić information content (AvgIpc) is 3.02. The van der Waals surface area contributed by atoms with E-state index in [-0.39, 0.29) is 6.04 Å². The Hall–Kier alpha value is -2.20. The molecule has 150 valence electrons. The lowest BCUT2D eigenvalue weighted by Crippen LogP contribution is -2.10. The van der Waals surface area contributed by atoms with E-state index < -0.39 is 0 Å². The maximum Gasteiger partial charge on any atom is 0.0917 e. The van der Waals surface area contributed by atoms with Crippen LogP contribution in [0.4, 0.5) is 0 Å². The molecule has 0 N–H and O–H groups in total. The Morgan fingerprint density at radius 1 is 1.07 bits per heavy atom. The fourth-order valence-corrected chi connectivity index (χ4v) is 3.88. The molecule has 0 spiro atoms. The third-order valence-corrected chi connectivity index (χ3v) is 5.51. The predicted octanol–water partition coefficient (Wildman–Crippen LogP) is 5.86. The first-order chi connectivity index (χ1) is 13.4. The Labute approximate surface area is 169 Å². The summed E-state index contributed by atoms with van der Waals surface area (Å²) in [4.78, 5) is 10.1. The van der Waals surface area contributed by atoms with Crippen molar-refractivity contribution in [1.82, 2.24) is 14.5 Å². The van der Waals surface area contributed by atoms with Crippen LogP contribution in [0.2, 0.25) is 0 Å². The standard InChI is InChI=1S/C24H33N3O/c1-8-18-12-22-23(16(5)13-27(22)17(6)14-28-7)26-24(18)19-10-11-21(15(3)4)25-20(19)9-2/h10-13,15,17H,8-9,14H2,1-7H3/t17-/m0/s1. The van der Waals surface area contributed by atoms with Gasteiger partial charge in [-0.05, 0) is 61.9 Å². The minimum absolute atomic E-state index is 0.275. The lowest BCUT2D eigenvalue weighted by atomic mass is 9.98. The van der Waals surface area contributed by atoms with E-state index >= 15 is 0 Å². The Kier molecular flexibility index (Phi) is 6.19. The maximum atomic E-state index is 5.38. The van der Waals surface area contributed by atoms with Crippen LogP contribution in [0.3, 0.4) is 0 Å². The predicted molar refractivity (Wildman–Crippen MR) is 117 cm³/mol. The molecular formula is C24H33N3O. The van der Waals surface area contributed by atoms with Gasteiger partial charge in [-0.25, -0.2) is 4.98 Å². The fourth-order valence-electron chi connectivity index (χ4n) is 3.88. The first-order valence-electron chi connectivity index (χ1n) is 10.4. The zero-order valence-electron chi connectivity index (χ0n) is 18.3. The molecule has 4 heteroatoms. The van der Waals surface area contributed by atoms with Crippen LogP contribution >= 0.6 is 0 Å². The number of nitrogens with zero attached hydrogens (tertiary/aromatic N) is 3. The summed E-state index contributed by atoms with van der Waals surface area (Å²) in [7, 11) is 1.75. The second-order valence-corrected chi connectivity index (χ2v) is 7.98. The van der Waals surface area contributed by atoms with E-state index in [1.54, 1.807) is 7.11 Å². The molecular weight excluding hydrogens is 346 g/mol. The van der Waals surface area contributed by atoms with Gasteiger partial charge in [0, 0.05) is 30.3 Å². The van der Waals surface area contributed by atoms with Crippen molar-refractivity contribution in [3.8, 4) is 11.3 Å². The third kappa shape index (κ3) is 3.70. The molecule has 0 aliphatic heterocycles. The van der Waals surface area contributed by atoms with E-state index in [4.69, 9.17) is 14.7 Å². The Bertz CT molecular complexity index is 972. The number of fused-ring (bicyclic) bond motifs is 1. The van der Waals surface area contributed by atoms with Gasteiger partial charge >= 0.3 is 0 Å². The highest BCUT2D eigenvalue weighted by Crippen LogP contribution is 2.32. The summed E-state index contributed by atoms with van der Waals surface area (Å²) >= 11 is 0. The number of aryl methyl sites for hydroxylation is 3. The van der Waals surface area contributed by atoms with Crippen LogP contribution in [0.5, 0.6) is 0 Å². The van der Waals surface area contributed by atoms with Crippen molar-refractivity contribution in [2.24, 2.45) is 0 Å². The summed E-state index contributed by atoms with van der Waals surface area (Å²) in [5.41, 5.74) is 9.26. The summed E-state index contributed by atoms with van der Waals surface area (Å²) in [6.45, 7) is 13.8. The Morgan fingerprint density at radius 3 is 2.43 bits per heavy atom. The van der Waals surface area contributed by atoms with Gasteiger partial charge in [0.05, 0.1) is 29.4 Å². The quantitative estimate of drug-likeness (QED) is 0.516. The minimum atomic E-state index is 0.275. The fraction of sp³-hybridized carbons (Fsp3) is 0.500. The van der Waals surface area contributed by atoms with Gasteiger partial charge in [-0.2, -0.15) is 0 Å². The summed E-state index contributed by atoms with van der Waals surface area (Å²) in [6, 6.07) is 6.96. The largest absolute Gasteiger partial charge is 0.383 e. The van der Waals surface area contributed by atoms with Gasteiger partial charge in [-0.3, -0.25) is 4.98 Å². The third-order valence-electron chi connectivity index (χ3n) is 5.51. The lowest BCUT2D eigenvalue weighted by molar-refractivity contribution is 0.164. The second-order valence-electron chi connectivity index (χ2n) is 7.98. The van der Waals surface area contributed by atoms with Crippen LogP contribution < -0.4 is 0 Å². The minimum Gasteiger partial charge on any atom is -0.383 e. The highest BCUT2D eigenvalue weighted by molar-refractivity contribution is 5.84. The van der Waals surface area contributed by atoms with Crippen molar-refractivity contribution in [3.63, 3.8) is 0 Å². The Balaban J connectivity index is 2.21. The monoisotopic (exact) mass is 379 g/mol. The highest BCUT2D eigenvalue weighted by Gasteiger charge is 2.18. The molecule has 0 bridgehead atoms. The molecule has 0 radical (unpaired) electrons. The molecule has 0 fully saturated rings. The zero-order valence-corrected chi connectivity index (χ0v) is 18.3. The molecule has 4 nitrogen and oxygen atoms in total. The van der Waals surface area contributed by atoms with Gasteiger partial charge < -0.3 is 9.30 Å². The first kappa shape index (κ1) is 20.5. The van der Waals surface area contributed by atoms with Gasteiger partial charge in [-0.15, -0.1) is 0 Å². The number of methoxy groups -OCH3 is 1. The normalized spacial score (nSPS) is 12.9. The van der Waals surface area contributed by atoms with Gasteiger partial charge in [0.1, 0.15) is 0 Å². The molecule has 3 rings (SSSR count). The van der Waals surface area contributed by atoms with Crippen molar-refractivity contribution in [3.05, 3.63) is 46.9 Å². The van der Waals surface area contributed by atoms with Crippen molar-refractivity contribution in [1.29, 1.82) is 0 Å². The molecule has 28 heavy (non-hydrogen) atoms. The molecule has 0 aliphatic rings. The number of pyridine rings is 2. The summed E-state index contributed by atoms with van der Waals surface area (Å²) < 4.78 is 7.67. The molecule has 0 saturated carbocycles. The summed E-state index contributed by atoms with van der Waals surface area (Å²) in [5.74, 6) is 0.430. The number of ether oxygens (including phenoxy) is 1. The van der Waals surface area contributed by atoms with E-state index in [1.807, 2.05) is 0 Å². The highest BCUT2D eigenvalue weighted by atomic mass is 16.5. The molecule has 0 saturated heterocycles. The van der Waals surface area contributed by atoms with Crippen LogP contribution in [-0.2, 0) is 17.6 Å². The molecule has 0 amide bonds. The molecule has 3 aromatic heterocycles. The molecule has 1 atom stereocenters. The van der Waals surface area contributed by atoms with E-state index in [0.29, 0.717) is 12.5 Å². The molecule has 0 aromatic carbocycles. The van der Waals surface area contributed by atoms with Crippen LogP contribution in [0.25, 0.3) is 22.3 Å². The zero-order chi connectivity index (χ0) is 20.4. The first-order valence-corrected chi connectivity index (χ1v) is 10.4. The van der Waals surface area contributed by atoms with Gasteiger partial charge in [0.2, 0.25) is 0 Å². The van der Waals surface area contributed by atoms with Crippen molar-refractivity contribution < 1.29 is 4.74 Å². The Morgan fingerprint density at radius 2 is 1.82 bits per heavy atom. The van der Waals surface area contributed by atoms with E-state index in [0.717, 1.165) is 35.4 Å². The number of hydrogen-bond acceptors (Lipinski definition) is 3. The molecule has 0 aliphatic carbocycles. The van der Waals surface area contributed by atoms with E-state index in [1.165, 1.54) is 22.2 Å². The lowest BCUT2D eigenvalue weighted by Gasteiger charge is -2.17.